The normalized spacial score (nSPS) is 15.6. The van der Waals surface area contributed by atoms with Crippen molar-refractivity contribution in [3.8, 4) is 0 Å². The molecule has 10 nitrogen and oxygen atoms in total. The number of nitrogens with two attached hydrogens (primary N) is 1. The second-order valence-electron chi connectivity index (χ2n) is 8.83. The molecule has 0 bridgehead atoms. The number of fused-ring (bicyclic) bond motifs is 1. The van der Waals surface area contributed by atoms with E-state index in [9.17, 15) is 22.8 Å². The van der Waals surface area contributed by atoms with Crippen molar-refractivity contribution in [2.75, 3.05) is 6.61 Å². The molecule has 1 aliphatic heterocycles. The molecule has 1 amide bonds. The lowest BCUT2D eigenvalue weighted by molar-refractivity contribution is -0.138. The molecule has 4 aromatic rings. The summed E-state index contributed by atoms with van der Waals surface area (Å²) in [6.45, 7) is 3.49. The fraction of sp³-hybridized carbons (Fsp3) is 0.148. The number of nitrogens with one attached hydrogen (secondary N) is 2. The van der Waals surface area contributed by atoms with Gasteiger partial charge in [0.1, 0.15) is 10.5 Å². The van der Waals surface area contributed by atoms with Crippen LogP contribution in [-0.4, -0.2) is 31.5 Å². The number of rotatable bonds is 8. The predicted molar refractivity (Wildman–Crippen MR) is 160 cm³/mol. The topological polar surface area (TPSA) is 150 Å². The summed E-state index contributed by atoms with van der Waals surface area (Å²) >= 11 is 3.73. The Kier molecular flexibility index (Phi) is 8.11. The van der Waals surface area contributed by atoms with E-state index in [1.807, 2.05) is 24.4 Å². The molecule has 0 saturated heterocycles. The average molecular weight is 629 g/mol. The highest BCUT2D eigenvalue weighted by molar-refractivity contribution is 7.89. The zero-order valence-electron chi connectivity index (χ0n) is 21.7. The molecule has 0 aliphatic carbocycles. The van der Waals surface area contributed by atoms with E-state index in [4.69, 9.17) is 10.5 Å². The molecule has 1 aromatic carbocycles. The highest BCUT2D eigenvalue weighted by Gasteiger charge is 2.40. The molecule has 0 saturated carbocycles. The molecule has 5 rings (SSSR count). The molecular formula is C27H24N4O6S4. The minimum Gasteiger partial charge on any atom is -0.463 e. The minimum absolute atomic E-state index is 0.0239. The standard InChI is InChI=1S/C27H24N4O6S4/c1-3-37-27(34)21-20(18-7-5-13-39-18)22(24(32)29-30-41(35,36)17-10-8-15(2)9-11-17)26-31(23(21)28)25(33)19(40-26)14-16-6-4-12-38-16/h4-14,20,30H,3,28H2,1-2H3,(H,29,32)/b19-14-. The molecule has 1 aliphatic rings. The number of sulfonamides is 1. The quantitative estimate of drug-likeness (QED) is 0.199. The number of esters is 1. The fourth-order valence-corrected chi connectivity index (χ4v) is 7.86. The molecule has 4 N–H and O–H groups in total. The number of aryl methyl sites for hydroxylation is 1. The van der Waals surface area contributed by atoms with E-state index >= 15 is 0 Å². The number of nitrogens with zero attached hydrogens (tertiary/aromatic N) is 1. The number of hydrazine groups is 1. The van der Waals surface area contributed by atoms with Crippen molar-refractivity contribution in [2.24, 2.45) is 5.73 Å². The molecule has 0 fully saturated rings. The second-order valence-corrected chi connectivity index (χ2v) is 13.5. The van der Waals surface area contributed by atoms with Crippen molar-refractivity contribution in [3.63, 3.8) is 0 Å². The Hall–Kier alpha value is -3.82. The summed E-state index contributed by atoms with van der Waals surface area (Å²) in [5, 5.41) is 3.64. The number of aromatic nitrogens is 1. The first-order valence-corrected chi connectivity index (χ1v) is 16.3. The third-order valence-electron chi connectivity index (χ3n) is 6.16. The van der Waals surface area contributed by atoms with Crippen LogP contribution < -0.4 is 30.7 Å². The lowest BCUT2D eigenvalue weighted by Crippen LogP contribution is -2.47. The molecule has 212 valence electrons. The van der Waals surface area contributed by atoms with Crippen LogP contribution in [0.25, 0.3) is 17.5 Å². The molecule has 41 heavy (non-hydrogen) atoms. The number of benzene rings is 1. The number of hydrogen-bond donors (Lipinski definition) is 3. The minimum atomic E-state index is -4.14. The maximum absolute atomic E-state index is 13.9. The van der Waals surface area contributed by atoms with Crippen molar-refractivity contribution in [1.82, 2.24) is 14.8 Å². The summed E-state index contributed by atoms with van der Waals surface area (Å²) in [7, 11) is -4.14. The first kappa shape index (κ1) is 28.7. The fourth-order valence-electron chi connectivity index (χ4n) is 4.28. The van der Waals surface area contributed by atoms with Gasteiger partial charge in [-0.2, -0.15) is 0 Å². The van der Waals surface area contributed by atoms with Crippen LogP contribution in [0.3, 0.4) is 0 Å². The lowest BCUT2D eigenvalue weighted by atomic mass is 9.87. The SMILES string of the molecule is CCOC(=O)C1=C(N)n2c(s/c(=C\c3cccs3)c2=O)=C(C(=O)NNS(=O)(=O)c2ccc(C)cc2)C1c1cccs1. The van der Waals surface area contributed by atoms with Gasteiger partial charge in [-0.15, -0.1) is 38.8 Å². The van der Waals surface area contributed by atoms with E-state index in [2.05, 4.69) is 10.3 Å². The van der Waals surface area contributed by atoms with Crippen LogP contribution in [0.5, 0.6) is 0 Å². The summed E-state index contributed by atoms with van der Waals surface area (Å²) in [5.74, 6) is -2.82. The number of thiophene rings is 2. The maximum atomic E-state index is 13.9. The van der Waals surface area contributed by atoms with Crippen LogP contribution in [0, 0.1) is 6.92 Å². The Morgan fingerprint density at radius 1 is 1.07 bits per heavy atom. The van der Waals surface area contributed by atoms with E-state index in [-0.39, 0.29) is 37.7 Å². The van der Waals surface area contributed by atoms with Gasteiger partial charge in [-0.1, -0.05) is 29.8 Å². The Labute approximate surface area is 246 Å². The lowest BCUT2D eigenvalue weighted by Gasteiger charge is -2.26. The van der Waals surface area contributed by atoms with Crippen molar-refractivity contribution in [2.45, 2.75) is 24.7 Å². The molecule has 3 aromatic heterocycles. The Bertz CT molecular complexity index is 1940. The Morgan fingerprint density at radius 3 is 2.41 bits per heavy atom. The van der Waals surface area contributed by atoms with Crippen molar-refractivity contribution in [3.05, 3.63) is 99.7 Å². The molecule has 1 atom stereocenters. The van der Waals surface area contributed by atoms with Gasteiger partial charge < -0.3 is 10.5 Å². The van der Waals surface area contributed by atoms with Crippen LogP contribution in [0.15, 0.2) is 74.6 Å². The van der Waals surface area contributed by atoms with E-state index in [1.165, 1.54) is 34.8 Å². The molecule has 14 heteroatoms. The molecule has 0 radical (unpaired) electrons. The molecule has 1 unspecified atom stereocenters. The number of hydrogen-bond acceptors (Lipinski definition) is 10. The molecular weight excluding hydrogens is 605 g/mol. The van der Waals surface area contributed by atoms with Gasteiger partial charge in [0.15, 0.2) is 0 Å². The van der Waals surface area contributed by atoms with Gasteiger partial charge in [0.05, 0.1) is 33.1 Å². The van der Waals surface area contributed by atoms with E-state index < -0.39 is 33.4 Å². The second kappa shape index (κ2) is 11.6. The summed E-state index contributed by atoms with van der Waals surface area (Å²) in [5.41, 5.74) is 9.00. The monoisotopic (exact) mass is 628 g/mol. The summed E-state index contributed by atoms with van der Waals surface area (Å²) in [4.78, 5) is 44.2. The molecule has 0 spiro atoms. The zero-order valence-corrected chi connectivity index (χ0v) is 25.0. The first-order chi connectivity index (χ1) is 19.6. The summed E-state index contributed by atoms with van der Waals surface area (Å²) in [6.07, 6.45) is 1.68. The smallest absolute Gasteiger partial charge is 0.338 e. The third kappa shape index (κ3) is 5.56. The Balaban J connectivity index is 1.70. The highest BCUT2D eigenvalue weighted by atomic mass is 32.2. The maximum Gasteiger partial charge on any atom is 0.338 e. The van der Waals surface area contributed by atoms with Crippen molar-refractivity contribution < 1.29 is 22.7 Å². The number of amides is 1. The summed E-state index contributed by atoms with van der Waals surface area (Å²) in [6, 6.07) is 13.2. The highest BCUT2D eigenvalue weighted by Crippen LogP contribution is 2.39. The van der Waals surface area contributed by atoms with E-state index in [0.717, 1.165) is 26.3 Å². The van der Waals surface area contributed by atoms with Crippen molar-refractivity contribution >= 4 is 73.4 Å². The van der Waals surface area contributed by atoms with Gasteiger partial charge in [-0.05, 0) is 54.9 Å². The van der Waals surface area contributed by atoms with Gasteiger partial charge in [-0.3, -0.25) is 19.6 Å². The van der Waals surface area contributed by atoms with Crippen LogP contribution in [0.2, 0.25) is 0 Å². The zero-order chi connectivity index (χ0) is 29.3. The van der Waals surface area contributed by atoms with Crippen LogP contribution in [-0.2, 0) is 24.3 Å². The van der Waals surface area contributed by atoms with Crippen molar-refractivity contribution in [1.29, 1.82) is 0 Å². The number of thiazole rings is 1. The Morgan fingerprint density at radius 2 is 1.78 bits per heavy atom. The van der Waals surface area contributed by atoms with Gasteiger partial charge in [-0.25, -0.2) is 13.2 Å². The number of carbonyl (C=O) groups excluding carboxylic acids is 2. The van der Waals surface area contributed by atoms with Gasteiger partial charge in [0, 0.05) is 9.75 Å². The van der Waals surface area contributed by atoms with Gasteiger partial charge in [0.2, 0.25) is 0 Å². The number of carbonyl (C=O) groups is 2. The average Bonchev–Trinajstić information content (AvgIpc) is 3.71. The van der Waals surface area contributed by atoms with Crippen LogP contribution in [0.4, 0.5) is 0 Å². The molecule has 4 heterocycles. The van der Waals surface area contributed by atoms with Crippen LogP contribution in [0.1, 0.15) is 28.2 Å². The summed E-state index contributed by atoms with van der Waals surface area (Å²) < 4.78 is 32.7. The third-order valence-corrected chi connectivity index (χ3v) is 10.3. The van der Waals surface area contributed by atoms with Crippen LogP contribution >= 0.6 is 34.0 Å². The van der Waals surface area contributed by atoms with E-state index in [1.54, 1.807) is 42.6 Å². The van der Waals surface area contributed by atoms with Gasteiger partial charge in [0.25, 0.3) is 21.5 Å². The van der Waals surface area contributed by atoms with Gasteiger partial charge >= 0.3 is 5.97 Å². The number of ether oxygens (including phenoxy) is 1. The predicted octanol–water partition coefficient (Wildman–Crippen LogP) is 1.82. The largest absolute Gasteiger partial charge is 0.463 e. The first-order valence-electron chi connectivity index (χ1n) is 12.2. The van der Waals surface area contributed by atoms with E-state index in [0.29, 0.717) is 4.88 Å².